The van der Waals surface area contributed by atoms with Gasteiger partial charge in [0.2, 0.25) is 0 Å². The minimum Gasteiger partial charge on any atom is -0.357 e. The third-order valence-electron chi connectivity index (χ3n) is 4.50. The molecule has 6 nitrogen and oxygen atoms in total. The van der Waals surface area contributed by atoms with Crippen molar-refractivity contribution in [2.24, 2.45) is 0 Å². The molecular formula is C17H20N4O2. The molecule has 0 saturated carbocycles. The van der Waals surface area contributed by atoms with Crippen molar-refractivity contribution in [3.8, 4) is 0 Å². The standard InChI is InChI=1S/C17H20N4O2/c1-13-11-17(19-12-16(13)21(22)23)20-9-2-3-14(6-10-20)15-4-7-18-8-5-15/h4-5,7-8,11-12,14H,2-3,6,9-10H2,1H3. The first kappa shape index (κ1) is 15.4. The van der Waals surface area contributed by atoms with Crippen LogP contribution in [-0.4, -0.2) is 28.0 Å². The molecule has 1 atom stereocenters. The molecule has 23 heavy (non-hydrogen) atoms. The fraction of sp³-hybridized carbons (Fsp3) is 0.412. The van der Waals surface area contributed by atoms with Crippen molar-refractivity contribution in [1.29, 1.82) is 0 Å². The maximum atomic E-state index is 10.9. The summed E-state index contributed by atoms with van der Waals surface area (Å²) in [4.78, 5) is 21.1. The fourth-order valence-electron chi connectivity index (χ4n) is 3.19. The van der Waals surface area contributed by atoms with Crippen LogP contribution in [0.5, 0.6) is 0 Å². The summed E-state index contributed by atoms with van der Waals surface area (Å²) >= 11 is 0. The molecule has 2 aromatic heterocycles. The normalized spacial score (nSPS) is 18.5. The molecule has 3 heterocycles. The van der Waals surface area contributed by atoms with Gasteiger partial charge < -0.3 is 4.90 Å². The Balaban J connectivity index is 1.73. The average Bonchev–Trinajstić information content (AvgIpc) is 2.81. The molecule has 0 N–H and O–H groups in total. The van der Waals surface area contributed by atoms with Gasteiger partial charge in [0.15, 0.2) is 0 Å². The van der Waals surface area contributed by atoms with Crippen molar-refractivity contribution in [3.63, 3.8) is 0 Å². The lowest BCUT2D eigenvalue weighted by Gasteiger charge is -2.22. The highest BCUT2D eigenvalue weighted by Gasteiger charge is 2.20. The Hall–Kier alpha value is -2.50. The van der Waals surface area contributed by atoms with E-state index in [9.17, 15) is 10.1 Å². The smallest absolute Gasteiger partial charge is 0.290 e. The van der Waals surface area contributed by atoms with Crippen LogP contribution in [0.15, 0.2) is 36.8 Å². The average molecular weight is 312 g/mol. The van der Waals surface area contributed by atoms with Gasteiger partial charge in [-0.2, -0.15) is 0 Å². The van der Waals surface area contributed by atoms with Gasteiger partial charge in [-0.15, -0.1) is 0 Å². The van der Waals surface area contributed by atoms with E-state index in [4.69, 9.17) is 0 Å². The highest BCUT2D eigenvalue weighted by atomic mass is 16.6. The van der Waals surface area contributed by atoms with Gasteiger partial charge in [-0.05, 0) is 55.9 Å². The zero-order chi connectivity index (χ0) is 16.2. The quantitative estimate of drug-likeness (QED) is 0.641. The molecule has 120 valence electrons. The molecule has 0 bridgehead atoms. The van der Waals surface area contributed by atoms with Crippen molar-refractivity contribution in [3.05, 3.63) is 58.0 Å². The number of pyridine rings is 2. The van der Waals surface area contributed by atoms with Crippen molar-refractivity contribution < 1.29 is 4.92 Å². The Morgan fingerprint density at radius 1 is 1.26 bits per heavy atom. The summed E-state index contributed by atoms with van der Waals surface area (Å²) in [7, 11) is 0. The zero-order valence-corrected chi connectivity index (χ0v) is 13.2. The molecule has 0 aliphatic carbocycles. The zero-order valence-electron chi connectivity index (χ0n) is 13.2. The summed E-state index contributed by atoms with van der Waals surface area (Å²) in [5.41, 5.74) is 2.09. The Bertz CT molecular complexity index is 690. The molecule has 1 fully saturated rings. The maximum absolute atomic E-state index is 10.9. The van der Waals surface area contributed by atoms with Crippen LogP contribution in [0.3, 0.4) is 0 Å². The second kappa shape index (κ2) is 6.73. The van der Waals surface area contributed by atoms with Crippen molar-refractivity contribution in [2.75, 3.05) is 18.0 Å². The Labute approximate surface area is 135 Å². The summed E-state index contributed by atoms with van der Waals surface area (Å²) < 4.78 is 0. The molecule has 2 aromatic rings. The topological polar surface area (TPSA) is 72.2 Å². The SMILES string of the molecule is Cc1cc(N2CCCC(c3ccncc3)CC2)ncc1[N+](=O)[O-]. The van der Waals surface area contributed by atoms with E-state index in [-0.39, 0.29) is 10.6 Å². The number of hydrogen-bond donors (Lipinski definition) is 0. The highest BCUT2D eigenvalue weighted by Crippen LogP contribution is 2.30. The number of aryl methyl sites for hydroxylation is 1. The number of nitro groups is 1. The first-order valence-electron chi connectivity index (χ1n) is 7.91. The molecule has 0 amide bonds. The van der Waals surface area contributed by atoms with E-state index < -0.39 is 0 Å². The lowest BCUT2D eigenvalue weighted by molar-refractivity contribution is -0.385. The van der Waals surface area contributed by atoms with Crippen molar-refractivity contribution in [1.82, 2.24) is 9.97 Å². The number of aromatic nitrogens is 2. The number of nitrogens with zero attached hydrogens (tertiary/aromatic N) is 4. The molecule has 0 spiro atoms. The first-order chi connectivity index (χ1) is 11.1. The Kier molecular flexibility index (Phi) is 4.50. The highest BCUT2D eigenvalue weighted by molar-refractivity contribution is 5.48. The number of anilines is 1. The third kappa shape index (κ3) is 3.47. The largest absolute Gasteiger partial charge is 0.357 e. The van der Waals surface area contributed by atoms with E-state index in [0.717, 1.165) is 38.2 Å². The van der Waals surface area contributed by atoms with Gasteiger partial charge >= 0.3 is 0 Å². The molecule has 1 saturated heterocycles. The molecule has 0 aromatic carbocycles. The van der Waals surface area contributed by atoms with Crippen LogP contribution < -0.4 is 4.90 Å². The lowest BCUT2D eigenvalue weighted by atomic mass is 9.93. The van der Waals surface area contributed by atoms with Gasteiger partial charge in [0.05, 0.1) is 4.92 Å². The first-order valence-corrected chi connectivity index (χ1v) is 7.91. The second-order valence-electron chi connectivity index (χ2n) is 5.98. The van der Waals surface area contributed by atoms with Crippen LogP contribution >= 0.6 is 0 Å². The fourth-order valence-corrected chi connectivity index (χ4v) is 3.19. The monoisotopic (exact) mass is 312 g/mol. The van der Waals surface area contributed by atoms with Gasteiger partial charge in [0.25, 0.3) is 5.69 Å². The van der Waals surface area contributed by atoms with Crippen molar-refractivity contribution >= 4 is 11.5 Å². The molecular weight excluding hydrogens is 292 g/mol. The van der Waals surface area contributed by atoms with E-state index >= 15 is 0 Å². The lowest BCUT2D eigenvalue weighted by Crippen LogP contribution is -2.25. The summed E-state index contributed by atoms with van der Waals surface area (Å²) in [6.45, 7) is 3.62. The molecule has 1 unspecified atom stereocenters. The molecule has 1 aliphatic heterocycles. The van der Waals surface area contributed by atoms with Crippen LogP contribution in [0.2, 0.25) is 0 Å². The van der Waals surface area contributed by atoms with Crippen LogP contribution in [0, 0.1) is 17.0 Å². The summed E-state index contributed by atoms with van der Waals surface area (Å²) in [6.07, 6.45) is 8.35. The van der Waals surface area contributed by atoms with Crippen LogP contribution in [0.1, 0.15) is 36.3 Å². The summed E-state index contributed by atoms with van der Waals surface area (Å²) in [6, 6.07) is 6.01. The van der Waals surface area contributed by atoms with Gasteiger partial charge in [0, 0.05) is 31.0 Å². The molecule has 1 aliphatic rings. The van der Waals surface area contributed by atoms with Gasteiger partial charge in [-0.1, -0.05) is 0 Å². The van der Waals surface area contributed by atoms with Gasteiger partial charge in [-0.3, -0.25) is 15.1 Å². The summed E-state index contributed by atoms with van der Waals surface area (Å²) in [5, 5.41) is 10.9. The Morgan fingerprint density at radius 2 is 2.04 bits per heavy atom. The minimum atomic E-state index is -0.381. The number of hydrogen-bond acceptors (Lipinski definition) is 5. The predicted molar refractivity (Wildman–Crippen MR) is 88.7 cm³/mol. The van der Waals surface area contributed by atoms with Gasteiger partial charge in [0.1, 0.15) is 12.0 Å². The van der Waals surface area contributed by atoms with Crippen LogP contribution in [0.4, 0.5) is 11.5 Å². The third-order valence-corrected chi connectivity index (χ3v) is 4.50. The van der Waals surface area contributed by atoms with Crippen LogP contribution in [-0.2, 0) is 0 Å². The molecule has 3 rings (SSSR count). The molecule has 6 heteroatoms. The van der Waals surface area contributed by atoms with E-state index in [1.807, 2.05) is 18.5 Å². The second-order valence-corrected chi connectivity index (χ2v) is 5.98. The number of rotatable bonds is 3. The maximum Gasteiger partial charge on any atom is 0.290 e. The summed E-state index contributed by atoms with van der Waals surface area (Å²) in [5.74, 6) is 1.38. The van der Waals surface area contributed by atoms with E-state index in [0.29, 0.717) is 11.5 Å². The minimum absolute atomic E-state index is 0.0817. The van der Waals surface area contributed by atoms with E-state index in [2.05, 4.69) is 27.0 Å². The van der Waals surface area contributed by atoms with E-state index in [1.165, 1.54) is 11.8 Å². The predicted octanol–water partition coefficient (Wildman–Crippen LogP) is 3.47. The Morgan fingerprint density at radius 3 is 2.74 bits per heavy atom. The van der Waals surface area contributed by atoms with Crippen molar-refractivity contribution in [2.45, 2.75) is 32.1 Å². The molecule has 0 radical (unpaired) electrons. The van der Waals surface area contributed by atoms with Gasteiger partial charge in [-0.25, -0.2) is 4.98 Å². The van der Waals surface area contributed by atoms with Crippen LogP contribution in [0.25, 0.3) is 0 Å². The van der Waals surface area contributed by atoms with E-state index in [1.54, 1.807) is 6.92 Å².